The molecule has 0 fully saturated rings. The number of oxazole rings is 1. The van der Waals surface area contributed by atoms with E-state index in [1.54, 1.807) is 6.92 Å². The zero-order valence-corrected chi connectivity index (χ0v) is 22.5. The van der Waals surface area contributed by atoms with E-state index in [1.807, 2.05) is 60.7 Å². The third-order valence-corrected chi connectivity index (χ3v) is 8.04. The van der Waals surface area contributed by atoms with Gasteiger partial charge in [-0.25, -0.2) is 19.1 Å². The Labute approximate surface area is 227 Å². The van der Waals surface area contributed by atoms with E-state index in [4.69, 9.17) is 9.15 Å². The minimum atomic E-state index is -1.80. The summed E-state index contributed by atoms with van der Waals surface area (Å²) in [5.41, 5.74) is -0.839. The molecule has 39 heavy (non-hydrogen) atoms. The SMILES string of the molecule is Cc1c(-c2ncco2)sc2c1c(=O)n(C(C)(C)C(=O)O)c(=O)n2CC(OCc1ccccc1)c1ccccc1. The summed E-state index contributed by atoms with van der Waals surface area (Å²) in [6.07, 6.45) is 2.36. The van der Waals surface area contributed by atoms with Crippen LogP contribution in [0.5, 0.6) is 0 Å². The Kier molecular flexibility index (Phi) is 7.07. The fourth-order valence-corrected chi connectivity index (χ4v) is 5.74. The van der Waals surface area contributed by atoms with E-state index in [1.165, 1.54) is 42.2 Å². The molecular weight excluding hydrogens is 518 g/mol. The monoisotopic (exact) mass is 545 g/mol. The molecule has 5 aromatic rings. The Bertz CT molecular complexity index is 1740. The fourth-order valence-electron chi connectivity index (χ4n) is 4.49. The number of carboxylic acid groups (broad SMARTS) is 1. The predicted octanol–water partition coefficient (Wildman–Crippen LogP) is 4.97. The largest absolute Gasteiger partial charge is 0.480 e. The summed E-state index contributed by atoms with van der Waals surface area (Å²) in [7, 11) is 0. The highest BCUT2D eigenvalue weighted by molar-refractivity contribution is 7.22. The number of fused-ring (bicyclic) bond motifs is 1. The molecule has 200 valence electrons. The van der Waals surface area contributed by atoms with Crippen molar-refractivity contribution in [2.75, 3.05) is 0 Å². The summed E-state index contributed by atoms with van der Waals surface area (Å²) in [5.74, 6) is -0.982. The summed E-state index contributed by atoms with van der Waals surface area (Å²) in [5, 5.41) is 10.2. The number of thiophene rings is 1. The molecule has 3 heterocycles. The van der Waals surface area contributed by atoms with Crippen LogP contribution >= 0.6 is 11.3 Å². The first-order valence-corrected chi connectivity index (χ1v) is 13.1. The highest BCUT2D eigenvalue weighted by atomic mass is 32.1. The van der Waals surface area contributed by atoms with E-state index in [2.05, 4.69) is 4.98 Å². The van der Waals surface area contributed by atoms with Crippen molar-refractivity contribution < 1.29 is 19.1 Å². The van der Waals surface area contributed by atoms with Crippen LogP contribution in [0, 0.1) is 6.92 Å². The van der Waals surface area contributed by atoms with Gasteiger partial charge in [-0.2, -0.15) is 0 Å². The molecule has 5 rings (SSSR count). The quantitative estimate of drug-likeness (QED) is 0.278. The van der Waals surface area contributed by atoms with Gasteiger partial charge in [0.05, 0.1) is 29.6 Å². The van der Waals surface area contributed by atoms with Crippen molar-refractivity contribution in [3.8, 4) is 10.8 Å². The summed E-state index contributed by atoms with van der Waals surface area (Å²) in [6.45, 7) is 4.77. The van der Waals surface area contributed by atoms with Crippen LogP contribution in [0.25, 0.3) is 21.0 Å². The maximum Gasteiger partial charge on any atom is 0.333 e. The second-order valence-electron chi connectivity index (χ2n) is 9.67. The van der Waals surface area contributed by atoms with E-state index in [9.17, 15) is 19.5 Å². The molecule has 1 atom stereocenters. The minimum absolute atomic E-state index is 0.0487. The zero-order valence-electron chi connectivity index (χ0n) is 21.7. The van der Waals surface area contributed by atoms with Crippen molar-refractivity contribution in [2.24, 2.45) is 0 Å². The zero-order chi connectivity index (χ0) is 27.7. The Balaban J connectivity index is 1.72. The molecule has 0 aliphatic heterocycles. The number of hydrogen-bond donors (Lipinski definition) is 1. The third-order valence-electron chi connectivity index (χ3n) is 6.74. The van der Waals surface area contributed by atoms with Crippen molar-refractivity contribution in [3.05, 3.63) is 111 Å². The molecular formula is C29H27N3O6S. The molecule has 0 radical (unpaired) electrons. The molecule has 0 amide bonds. The van der Waals surface area contributed by atoms with Crippen LogP contribution in [-0.2, 0) is 28.2 Å². The van der Waals surface area contributed by atoms with Crippen LogP contribution in [0.4, 0.5) is 0 Å². The lowest BCUT2D eigenvalue weighted by atomic mass is 10.1. The number of aliphatic carboxylic acids is 1. The van der Waals surface area contributed by atoms with E-state index in [-0.39, 0.29) is 11.9 Å². The summed E-state index contributed by atoms with van der Waals surface area (Å²) in [4.78, 5) is 45.1. The van der Waals surface area contributed by atoms with Crippen LogP contribution in [-0.4, -0.2) is 25.2 Å². The second kappa shape index (κ2) is 10.5. The van der Waals surface area contributed by atoms with Gasteiger partial charge in [-0.15, -0.1) is 11.3 Å². The second-order valence-corrected chi connectivity index (χ2v) is 10.7. The summed E-state index contributed by atoms with van der Waals surface area (Å²) >= 11 is 1.21. The van der Waals surface area contributed by atoms with Gasteiger partial charge in [0.2, 0.25) is 5.89 Å². The first-order valence-electron chi connectivity index (χ1n) is 12.3. The van der Waals surface area contributed by atoms with Crippen molar-refractivity contribution in [1.29, 1.82) is 0 Å². The molecule has 1 N–H and O–H groups in total. The number of aryl methyl sites for hydroxylation is 1. The maximum absolute atomic E-state index is 14.0. The average molecular weight is 546 g/mol. The van der Waals surface area contributed by atoms with Crippen LogP contribution in [0.15, 0.2) is 87.1 Å². The number of hydrogen-bond acceptors (Lipinski definition) is 7. The lowest BCUT2D eigenvalue weighted by Gasteiger charge is -2.25. The average Bonchev–Trinajstić information content (AvgIpc) is 3.57. The van der Waals surface area contributed by atoms with E-state index in [0.29, 0.717) is 27.8 Å². The maximum atomic E-state index is 14.0. The van der Waals surface area contributed by atoms with Crippen LogP contribution in [0.3, 0.4) is 0 Å². The summed E-state index contributed by atoms with van der Waals surface area (Å²) in [6, 6.07) is 19.2. The number of rotatable bonds is 9. The standard InChI is InChI=1S/C29H27N3O6S/c1-18-22-25(33)32(29(2,3)27(34)35)28(36)31(26(22)39-23(18)24-30-14-15-37-24)16-21(20-12-8-5-9-13-20)38-17-19-10-6-4-7-11-19/h4-15,21H,16-17H2,1-3H3,(H,34,35). The molecule has 0 aliphatic carbocycles. The molecule has 10 heteroatoms. The molecule has 0 saturated heterocycles. The number of nitrogens with zero attached hydrogens (tertiary/aromatic N) is 3. The van der Waals surface area contributed by atoms with E-state index < -0.39 is 28.9 Å². The van der Waals surface area contributed by atoms with Crippen LogP contribution < -0.4 is 11.2 Å². The Morgan fingerprint density at radius 1 is 1.10 bits per heavy atom. The van der Waals surface area contributed by atoms with Crippen molar-refractivity contribution >= 4 is 27.5 Å². The van der Waals surface area contributed by atoms with Gasteiger partial charge in [0.25, 0.3) is 5.56 Å². The lowest BCUT2D eigenvalue weighted by Crippen LogP contribution is -2.52. The first-order chi connectivity index (χ1) is 18.7. The van der Waals surface area contributed by atoms with Gasteiger partial charge in [0.1, 0.15) is 22.7 Å². The van der Waals surface area contributed by atoms with E-state index >= 15 is 0 Å². The fraction of sp³-hybridized carbons (Fsp3) is 0.241. The van der Waals surface area contributed by atoms with Gasteiger partial charge in [-0.05, 0) is 37.5 Å². The highest BCUT2D eigenvalue weighted by Crippen LogP contribution is 2.36. The topological polar surface area (TPSA) is 117 Å². The van der Waals surface area contributed by atoms with Gasteiger partial charge < -0.3 is 14.3 Å². The molecule has 0 aliphatic rings. The number of carbonyl (C=O) groups is 1. The number of benzene rings is 2. The molecule has 0 bridgehead atoms. The van der Waals surface area contributed by atoms with Gasteiger partial charge in [0.15, 0.2) is 0 Å². The van der Waals surface area contributed by atoms with Gasteiger partial charge in [-0.3, -0.25) is 9.36 Å². The first kappa shape index (κ1) is 26.3. The highest BCUT2D eigenvalue weighted by Gasteiger charge is 2.36. The van der Waals surface area contributed by atoms with Crippen molar-refractivity contribution in [1.82, 2.24) is 14.1 Å². The van der Waals surface area contributed by atoms with Crippen LogP contribution in [0.2, 0.25) is 0 Å². The Morgan fingerprint density at radius 3 is 2.38 bits per heavy atom. The van der Waals surface area contributed by atoms with Gasteiger partial charge in [0, 0.05) is 0 Å². The Hall–Kier alpha value is -4.28. The van der Waals surface area contributed by atoms with Gasteiger partial charge >= 0.3 is 11.7 Å². The molecule has 0 spiro atoms. The molecule has 1 unspecified atom stereocenters. The summed E-state index contributed by atoms with van der Waals surface area (Å²) < 4.78 is 14.1. The number of ether oxygens (including phenoxy) is 1. The van der Waals surface area contributed by atoms with E-state index in [0.717, 1.165) is 15.7 Å². The number of carboxylic acids is 1. The van der Waals surface area contributed by atoms with Crippen molar-refractivity contribution in [2.45, 2.75) is 45.6 Å². The third kappa shape index (κ3) is 4.84. The minimum Gasteiger partial charge on any atom is -0.480 e. The van der Waals surface area contributed by atoms with Gasteiger partial charge in [-0.1, -0.05) is 60.7 Å². The van der Waals surface area contributed by atoms with Crippen molar-refractivity contribution in [3.63, 3.8) is 0 Å². The normalized spacial score (nSPS) is 12.6. The number of aromatic nitrogens is 3. The molecule has 3 aromatic heterocycles. The predicted molar refractivity (Wildman–Crippen MR) is 148 cm³/mol. The molecule has 0 saturated carbocycles. The van der Waals surface area contributed by atoms with Crippen LogP contribution in [0.1, 0.15) is 36.6 Å². The smallest absolute Gasteiger partial charge is 0.333 e. The molecule has 2 aromatic carbocycles. The lowest BCUT2D eigenvalue weighted by molar-refractivity contribution is -0.146. The Morgan fingerprint density at radius 2 is 1.77 bits per heavy atom. The molecule has 9 nitrogen and oxygen atoms in total.